The second-order valence-corrected chi connectivity index (χ2v) is 5.60. The Kier molecular flexibility index (Phi) is 3.96. The summed E-state index contributed by atoms with van der Waals surface area (Å²) in [6.45, 7) is 6.43. The first kappa shape index (κ1) is 15.0. The number of hydrogen-bond donors (Lipinski definition) is 2. The summed E-state index contributed by atoms with van der Waals surface area (Å²) in [7, 11) is 0. The molecular formula is C15H18N6O2. The maximum atomic E-state index is 11.9. The maximum Gasteiger partial charge on any atom is 0.320 e. The van der Waals surface area contributed by atoms with Crippen LogP contribution in [0.4, 0.5) is 10.6 Å². The molecule has 0 aliphatic rings. The molecule has 0 aromatic carbocycles. The largest absolute Gasteiger partial charge is 0.461 e. The number of anilines is 1. The van der Waals surface area contributed by atoms with Crippen LogP contribution >= 0.6 is 0 Å². The lowest BCUT2D eigenvalue weighted by molar-refractivity contribution is 0.251. The maximum absolute atomic E-state index is 11.9. The summed E-state index contributed by atoms with van der Waals surface area (Å²) < 4.78 is 6.99. The van der Waals surface area contributed by atoms with Gasteiger partial charge in [0, 0.05) is 12.6 Å². The molecule has 2 N–H and O–H groups in total. The Labute approximate surface area is 132 Å². The van der Waals surface area contributed by atoms with E-state index in [1.54, 1.807) is 35.9 Å². The van der Waals surface area contributed by atoms with Crippen LogP contribution < -0.4 is 10.6 Å². The minimum Gasteiger partial charge on any atom is -0.461 e. The minimum atomic E-state index is -0.308. The van der Waals surface area contributed by atoms with Gasteiger partial charge in [0.15, 0.2) is 11.4 Å². The zero-order valence-electron chi connectivity index (χ0n) is 13.2. The van der Waals surface area contributed by atoms with E-state index in [2.05, 4.69) is 25.7 Å². The molecule has 0 fully saturated rings. The molecule has 8 heteroatoms. The molecule has 3 aromatic heterocycles. The quantitative estimate of drug-likeness (QED) is 0.771. The van der Waals surface area contributed by atoms with Crippen molar-refractivity contribution in [1.82, 2.24) is 24.9 Å². The van der Waals surface area contributed by atoms with Crippen LogP contribution in [0.3, 0.4) is 0 Å². The van der Waals surface area contributed by atoms with Crippen LogP contribution in [0.25, 0.3) is 17.2 Å². The number of urea groups is 1. The second kappa shape index (κ2) is 6.07. The molecule has 0 aliphatic carbocycles. The van der Waals surface area contributed by atoms with E-state index in [0.717, 1.165) is 0 Å². The first-order valence-electron chi connectivity index (χ1n) is 7.36. The number of carbonyl (C=O) groups is 1. The van der Waals surface area contributed by atoms with E-state index in [9.17, 15) is 4.79 Å². The van der Waals surface area contributed by atoms with Gasteiger partial charge in [-0.3, -0.25) is 5.32 Å². The van der Waals surface area contributed by atoms with Crippen molar-refractivity contribution < 1.29 is 9.21 Å². The lowest BCUT2D eigenvalue weighted by Crippen LogP contribution is -2.32. The Hall–Kier alpha value is -2.90. The van der Waals surface area contributed by atoms with Crippen LogP contribution in [0.5, 0.6) is 0 Å². The molecule has 0 unspecified atom stereocenters. The van der Waals surface area contributed by atoms with E-state index in [0.29, 0.717) is 41.3 Å². The average Bonchev–Trinajstić information content (AvgIpc) is 3.12. The molecule has 3 heterocycles. The number of nitrogens with one attached hydrogen (secondary N) is 2. The molecule has 23 heavy (non-hydrogen) atoms. The number of aromatic nitrogens is 4. The number of fused-ring (bicyclic) bond motifs is 1. The van der Waals surface area contributed by atoms with E-state index >= 15 is 0 Å². The number of rotatable bonds is 4. The number of carbonyl (C=O) groups excluding carboxylic acids is 1. The van der Waals surface area contributed by atoms with Gasteiger partial charge >= 0.3 is 6.03 Å². The Bertz CT molecular complexity index is 822. The standard InChI is InChI=1S/C15H18N6O2/c1-9(2)8-16-15(22)19-12-7-13-17-10(3)20-21(13)14(18-12)11-5-4-6-23-11/h4-7,9H,8H2,1-3H3,(H2,16,19,22). The van der Waals surface area contributed by atoms with Crippen molar-refractivity contribution in [3.05, 3.63) is 30.3 Å². The lowest BCUT2D eigenvalue weighted by atomic mass is 10.2. The predicted molar refractivity (Wildman–Crippen MR) is 85.1 cm³/mol. The van der Waals surface area contributed by atoms with Gasteiger partial charge in [0.1, 0.15) is 11.6 Å². The van der Waals surface area contributed by atoms with Crippen LogP contribution in [-0.2, 0) is 0 Å². The van der Waals surface area contributed by atoms with Crippen molar-refractivity contribution in [2.75, 3.05) is 11.9 Å². The highest BCUT2D eigenvalue weighted by Gasteiger charge is 2.14. The molecule has 0 saturated heterocycles. The zero-order valence-corrected chi connectivity index (χ0v) is 13.2. The SMILES string of the molecule is Cc1nc2cc(NC(=O)NCC(C)C)nc(-c3ccco3)n2n1. The van der Waals surface area contributed by atoms with Crippen molar-refractivity contribution in [2.45, 2.75) is 20.8 Å². The van der Waals surface area contributed by atoms with Crippen molar-refractivity contribution in [3.8, 4) is 11.6 Å². The Morgan fingerprint density at radius 1 is 1.39 bits per heavy atom. The fourth-order valence-electron chi connectivity index (χ4n) is 2.08. The highest BCUT2D eigenvalue weighted by atomic mass is 16.3. The summed E-state index contributed by atoms with van der Waals surface area (Å²) in [6, 6.07) is 4.91. The molecule has 120 valence electrons. The summed E-state index contributed by atoms with van der Waals surface area (Å²) >= 11 is 0. The fraction of sp³-hybridized carbons (Fsp3) is 0.333. The molecule has 0 saturated carbocycles. The Balaban J connectivity index is 1.94. The molecule has 0 radical (unpaired) electrons. The molecule has 3 rings (SSSR count). The fourth-order valence-corrected chi connectivity index (χ4v) is 2.08. The molecule has 8 nitrogen and oxygen atoms in total. The van der Waals surface area contributed by atoms with Gasteiger partial charge in [-0.1, -0.05) is 13.8 Å². The van der Waals surface area contributed by atoms with Crippen molar-refractivity contribution in [2.24, 2.45) is 5.92 Å². The number of hydrogen-bond acceptors (Lipinski definition) is 5. The first-order valence-corrected chi connectivity index (χ1v) is 7.36. The summed E-state index contributed by atoms with van der Waals surface area (Å²) in [5.41, 5.74) is 0.586. The van der Waals surface area contributed by atoms with Crippen LogP contribution in [0.2, 0.25) is 0 Å². The van der Waals surface area contributed by atoms with Gasteiger partial charge in [-0.15, -0.1) is 5.10 Å². The normalized spacial score (nSPS) is 11.1. The smallest absolute Gasteiger partial charge is 0.320 e. The van der Waals surface area contributed by atoms with E-state index in [1.165, 1.54) is 0 Å². The van der Waals surface area contributed by atoms with Gasteiger partial charge < -0.3 is 9.73 Å². The summed E-state index contributed by atoms with van der Waals surface area (Å²) in [5, 5.41) is 9.80. The van der Waals surface area contributed by atoms with E-state index in [1.807, 2.05) is 13.8 Å². The Morgan fingerprint density at radius 2 is 2.22 bits per heavy atom. The molecule has 0 bridgehead atoms. The topological polar surface area (TPSA) is 97.3 Å². The van der Waals surface area contributed by atoms with Crippen LogP contribution in [-0.4, -0.2) is 32.2 Å². The minimum absolute atomic E-state index is 0.308. The molecular weight excluding hydrogens is 296 g/mol. The number of nitrogens with zero attached hydrogens (tertiary/aromatic N) is 4. The highest BCUT2D eigenvalue weighted by molar-refractivity contribution is 5.89. The third kappa shape index (κ3) is 3.31. The predicted octanol–water partition coefficient (Wildman–Crippen LogP) is 2.47. The van der Waals surface area contributed by atoms with Crippen molar-refractivity contribution >= 4 is 17.5 Å². The molecule has 3 aromatic rings. The number of aryl methyl sites for hydroxylation is 1. The summed E-state index contributed by atoms with van der Waals surface area (Å²) in [5.74, 6) is 2.39. The monoisotopic (exact) mass is 314 g/mol. The highest BCUT2D eigenvalue weighted by Crippen LogP contribution is 2.21. The van der Waals surface area contributed by atoms with E-state index in [-0.39, 0.29) is 6.03 Å². The average molecular weight is 314 g/mol. The van der Waals surface area contributed by atoms with Crippen molar-refractivity contribution in [1.29, 1.82) is 0 Å². The lowest BCUT2D eigenvalue weighted by Gasteiger charge is -2.10. The van der Waals surface area contributed by atoms with Gasteiger partial charge in [0.05, 0.1) is 6.26 Å². The summed E-state index contributed by atoms with van der Waals surface area (Å²) in [4.78, 5) is 20.7. The van der Waals surface area contributed by atoms with Gasteiger partial charge in [0.25, 0.3) is 0 Å². The van der Waals surface area contributed by atoms with Crippen molar-refractivity contribution in [3.63, 3.8) is 0 Å². The third-order valence-electron chi connectivity index (χ3n) is 3.08. The van der Waals surface area contributed by atoms with E-state index in [4.69, 9.17) is 4.42 Å². The second-order valence-electron chi connectivity index (χ2n) is 5.60. The molecule has 0 aliphatic heterocycles. The zero-order chi connectivity index (χ0) is 16.4. The van der Waals surface area contributed by atoms with Crippen LogP contribution in [0.15, 0.2) is 28.9 Å². The molecule has 0 atom stereocenters. The van der Waals surface area contributed by atoms with Crippen LogP contribution in [0, 0.1) is 12.8 Å². The first-order chi connectivity index (χ1) is 11.0. The number of amides is 2. The van der Waals surface area contributed by atoms with Gasteiger partial charge in [0.2, 0.25) is 5.82 Å². The molecule has 2 amide bonds. The van der Waals surface area contributed by atoms with Gasteiger partial charge in [-0.2, -0.15) is 4.52 Å². The van der Waals surface area contributed by atoms with Gasteiger partial charge in [-0.25, -0.2) is 14.8 Å². The molecule has 0 spiro atoms. The van der Waals surface area contributed by atoms with Crippen LogP contribution in [0.1, 0.15) is 19.7 Å². The number of furan rings is 1. The Morgan fingerprint density at radius 3 is 2.91 bits per heavy atom. The van der Waals surface area contributed by atoms with Gasteiger partial charge in [-0.05, 0) is 25.0 Å². The third-order valence-corrected chi connectivity index (χ3v) is 3.08. The summed E-state index contributed by atoms with van der Waals surface area (Å²) in [6.07, 6.45) is 1.56. The van der Waals surface area contributed by atoms with E-state index < -0.39 is 0 Å².